The summed E-state index contributed by atoms with van der Waals surface area (Å²) in [5, 5.41) is 0. The molecule has 0 aromatic heterocycles. The van der Waals surface area contributed by atoms with Crippen LogP contribution in [0.2, 0.25) is 0 Å². The minimum absolute atomic E-state index is 0.00796. The maximum Gasteiger partial charge on any atom is 0.269 e. The zero-order valence-electron chi connectivity index (χ0n) is 11.9. The molecule has 1 saturated carbocycles. The van der Waals surface area contributed by atoms with Crippen LogP contribution in [0.5, 0.6) is 0 Å². The highest BCUT2D eigenvalue weighted by molar-refractivity contribution is 9.10. The summed E-state index contributed by atoms with van der Waals surface area (Å²) in [6.45, 7) is 6.34. The van der Waals surface area contributed by atoms with Crippen LogP contribution in [-0.4, -0.2) is 11.8 Å². The molecule has 0 aliphatic heterocycles. The van der Waals surface area contributed by atoms with Crippen LogP contribution in [0, 0.1) is 5.92 Å². The normalized spacial score (nSPS) is 14.8. The van der Waals surface area contributed by atoms with Crippen molar-refractivity contribution in [1.82, 2.24) is 10.9 Å². The van der Waals surface area contributed by atoms with E-state index in [-0.39, 0.29) is 23.1 Å². The predicted molar refractivity (Wildman–Crippen MR) is 81.2 cm³/mol. The van der Waals surface area contributed by atoms with Crippen molar-refractivity contribution in [3.63, 3.8) is 0 Å². The number of hydrogen-bond acceptors (Lipinski definition) is 2. The van der Waals surface area contributed by atoms with Crippen molar-refractivity contribution in [2.45, 2.75) is 39.0 Å². The van der Waals surface area contributed by atoms with E-state index >= 15 is 0 Å². The van der Waals surface area contributed by atoms with Crippen molar-refractivity contribution in [3.05, 3.63) is 33.8 Å². The second-order valence-electron chi connectivity index (χ2n) is 6.16. The summed E-state index contributed by atoms with van der Waals surface area (Å²) in [4.78, 5) is 23.4. The van der Waals surface area contributed by atoms with Crippen molar-refractivity contribution in [2.75, 3.05) is 0 Å². The third kappa shape index (κ3) is 3.60. The molecule has 2 rings (SSSR count). The third-order valence-corrected chi connectivity index (χ3v) is 3.94. The van der Waals surface area contributed by atoms with Crippen LogP contribution in [0.25, 0.3) is 0 Å². The van der Waals surface area contributed by atoms with Crippen molar-refractivity contribution >= 4 is 27.7 Å². The Morgan fingerprint density at radius 3 is 2.35 bits per heavy atom. The quantitative estimate of drug-likeness (QED) is 0.814. The first-order chi connectivity index (χ1) is 9.29. The Morgan fingerprint density at radius 2 is 1.85 bits per heavy atom. The van der Waals surface area contributed by atoms with Crippen LogP contribution in [0.1, 0.15) is 49.5 Å². The topological polar surface area (TPSA) is 58.2 Å². The summed E-state index contributed by atoms with van der Waals surface area (Å²) in [6.07, 6.45) is 1.82. The number of halogens is 1. The van der Waals surface area contributed by atoms with Gasteiger partial charge in [0.2, 0.25) is 5.91 Å². The first kappa shape index (κ1) is 15.0. The highest BCUT2D eigenvalue weighted by atomic mass is 79.9. The minimum Gasteiger partial charge on any atom is -0.273 e. The maximum atomic E-state index is 12.0. The van der Waals surface area contributed by atoms with Gasteiger partial charge in [-0.25, -0.2) is 0 Å². The first-order valence-electron chi connectivity index (χ1n) is 6.69. The Labute approximate surface area is 127 Å². The molecule has 5 heteroatoms. The summed E-state index contributed by atoms with van der Waals surface area (Å²) in [7, 11) is 0. The van der Waals surface area contributed by atoms with Crippen LogP contribution in [0.4, 0.5) is 0 Å². The SMILES string of the molecule is CC(C)(C)c1ccc(C(=O)NNC(=O)C2CC2)cc1Br. The molecule has 1 aliphatic rings. The molecule has 2 N–H and O–H groups in total. The number of carbonyl (C=O) groups is 2. The van der Waals surface area contributed by atoms with Gasteiger partial charge in [-0.1, -0.05) is 42.8 Å². The highest BCUT2D eigenvalue weighted by Crippen LogP contribution is 2.30. The maximum absolute atomic E-state index is 12.0. The third-order valence-electron chi connectivity index (χ3n) is 3.29. The number of nitrogens with one attached hydrogen (secondary N) is 2. The lowest BCUT2D eigenvalue weighted by atomic mass is 9.86. The van der Waals surface area contributed by atoms with Crippen LogP contribution in [0.3, 0.4) is 0 Å². The zero-order chi connectivity index (χ0) is 14.9. The summed E-state index contributed by atoms with van der Waals surface area (Å²) in [5.74, 6) is -0.339. The van der Waals surface area contributed by atoms with E-state index in [1.165, 1.54) is 0 Å². The second-order valence-corrected chi connectivity index (χ2v) is 7.02. The molecule has 1 fully saturated rings. The molecule has 0 heterocycles. The number of hydrogen-bond donors (Lipinski definition) is 2. The molecule has 2 amide bonds. The van der Waals surface area contributed by atoms with E-state index in [0.717, 1.165) is 22.9 Å². The molecule has 1 aromatic rings. The van der Waals surface area contributed by atoms with Gasteiger partial charge in [0.1, 0.15) is 0 Å². The fraction of sp³-hybridized carbons (Fsp3) is 0.467. The second kappa shape index (κ2) is 5.56. The van der Waals surface area contributed by atoms with Gasteiger partial charge < -0.3 is 0 Å². The average molecular weight is 339 g/mol. The first-order valence-corrected chi connectivity index (χ1v) is 7.48. The van der Waals surface area contributed by atoms with E-state index in [1.54, 1.807) is 12.1 Å². The van der Waals surface area contributed by atoms with Gasteiger partial charge in [-0.2, -0.15) is 0 Å². The van der Waals surface area contributed by atoms with Crippen LogP contribution >= 0.6 is 15.9 Å². The molecule has 20 heavy (non-hydrogen) atoms. The summed E-state index contributed by atoms with van der Waals surface area (Å²) < 4.78 is 0.895. The Balaban J connectivity index is 2.03. The van der Waals surface area contributed by atoms with Gasteiger partial charge in [0.15, 0.2) is 0 Å². The fourth-order valence-corrected chi connectivity index (χ4v) is 2.88. The van der Waals surface area contributed by atoms with Gasteiger partial charge in [0.25, 0.3) is 5.91 Å². The fourth-order valence-electron chi connectivity index (χ4n) is 1.90. The molecule has 1 aromatic carbocycles. The highest BCUT2D eigenvalue weighted by Gasteiger charge is 2.29. The van der Waals surface area contributed by atoms with Gasteiger partial charge in [-0.3, -0.25) is 20.4 Å². The van der Waals surface area contributed by atoms with Crippen LogP contribution < -0.4 is 10.9 Å². The average Bonchev–Trinajstić information content (AvgIpc) is 3.17. The van der Waals surface area contributed by atoms with E-state index in [1.807, 2.05) is 6.07 Å². The number of amides is 2. The Hall–Kier alpha value is -1.36. The summed E-state index contributed by atoms with van der Waals surface area (Å²) in [5.41, 5.74) is 6.56. The predicted octanol–water partition coefficient (Wildman–Crippen LogP) is 2.92. The lowest BCUT2D eigenvalue weighted by Gasteiger charge is -2.21. The Morgan fingerprint density at radius 1 is 1.20 bits per heavy atom. The van der Waals surface area contributed by atoms with E-state index in [4.69, 9.17) is 0 Å². The van der Waals surface area contributed by atoms with Crippen molar-refractivity contribution in [2.24, 2.45) is 5.92 Å². The molecule has 0 saturated heterocycles. The zero-order valence-corrected chi connectivity index (χ0v) is 13.5. The molecule has 0 spiro atoms. The smallest absolute Gasteiger partial charge is 0.269 e. The van der Waals surface area contributed by atoms with E-state index < -0.39 is 0 Å². The van der Waals surface area contributed by atoms with Gasteiger partial charge in [-0.15, -0.1) is 0 Å². The largest absolute Gasteiger partial charge is 0.273 e. The molecule has 0 bridgehead atoms. The number of benzene rings is 1. The molecule has 1 aliphatic carbocycles. The van der Waals surface area contributed by atoms with E-state index in [0.29, 0.717) is 5.56 Å². The number of carbonyl (C=O) groups excluding carboxylic acids is 2. The minimum atomic E-state index is -0.305. The molecular formula is C15H19BrN2O2. The number of hydrazine groups is 1. The van der Waals surface area contributed by atoms with Crippen LogP contribution in [0.15, 0.2) is 22.7 Å². The lowest BCUT2D eigenvalue weighted by Crippen LogP contribution is -2.42. The molecule has 108 valence electrons. The van der Waals surface area contributed by atoms with Crippen molar-refractivity contribution in [1.29, 1.82) is 0 Å². The molecule has 4 nitrogen and oxygen atoms in total. The van der Waals surface area contributed by atoms with Crippen LogP contribution in [-0.2, 0) is 10.2 Å². The molecule has 0 unspecified atom stereocenters. The Bertz CT molecular complexity index is 545. The van der Waals surface area contributed by atoms with Gasteiger partial charge >= 0.3 is 0 Å². The molecule has 0 radical (unpaired) electrons. The Kier molecular flexibility index (Phi) is 4.18. The molecule has 0 atom stereocenters. The van der Waals surface area contributed by atoms with Gasteiger partial charge in [-0.05, 0) is 36.0 Å². The van der Waals surface area contributed by atoms with Gasteiger partial charge in [0.05, 0.1) is 0 Å². The van der Waals surface area contributed by atoms with Crippen molar-refractivity contribution in [3.8, 4) is 0 Å². The van der Waals surface area contributed by atoms with E-state index in [2.05, 4.69) is 47.6 Å². The van der Waals surface area contributed by atoms with Gasteiger partial charge in [0, 0.05) is 16.0 Å². The monoisotopic (exact) mass is 338 g/mol. The van der Waals surface area contributed by atoms with E-state index in [9.17, 15) is 9.59 Å². The summed E-state index contributed by atoms with van der Waals surface area (Å²) in [6, 6.07) is 5.48. The van der Waals surface area contributed by atoms with Crippen molar-refractivity contribution < 1.29 is 9.59 Å². The summed E-state index contributed by atoms with van der Waals surface area (Å²) >= 11 is 3.50. The molecular weight excluding hydrogens is 320 g/mol. The number of rotatable bonds is 2. The lowest BCUT2D eigenvalue weighted by molar-refractivity contribution is -0.123. The standard InChI is InChI=1S/C15H19BrN2O2/c1-15(2,3)11-7-6-10(8-12(11)16)14(20)18-17-13(19)9-4-5-9/h6-9H,4-5H2,1-3H3,(H,17,19)(H,18,20).